The van der Waals surface area contributed by atoms with E-state index in [1.165, 1.54) is 0 Å². The smallest absolute Gasteiger partial charge is 0.398 e. The number of hydrogen-bond donors (Lipinski definition) is 0. The Hall–Kier alpha value is -1.38. The maximum atomic E-state index is 8.82. The minimum absolute atomic E-state index is 0.372. The van der Waals surface area contributed by atoms with Gasteiger partial charge in [0, 0.05) is 0 Å². The Morgan fingerprint density at radius 2 is 1.63 bits per heavy atom. The molecule has 0 radical (unpaired) electrons. The molecule has 1 fully saturated rings. The lowest BCUT2D eigenvalue weighted by Gasteiger charge is -2.32. The standard InChI is InChI=1S/C12H15BN2O2.C2H6/c1-11(2)12(3,4)17-13(16-11)10-7-5-6-9(8-14)15-10;1-2/h5-7H,1-4H3;1-2H3. The third-order valence-corrected chi connectivity index (χ3v) is 3.38. The molecule has 5 heteroatoms. The van der Waals surface area contributed by atoms with Crippen molar-refractivity contribution >= 4 is 12.7 Å². The van der Waals surface area contributed by atoms with Crippen LogP contribution in [0.15, 0.2) is 18.2 Å². The van der Waals surface area contributed by atoms with Crippen LogP contribution in [0, 0.1) is 11.3 Å². The zero-order chi connectivity index (χ0) is 14.7. The highest BCUT2D eigenvalue weighted by Gasteiger charge is 2.52. The number of hydrogen-bond acceptors (Lipinski definition) is 4. The molecule has 1 saturated heterocycles. The molecular formula is C14H21BN2O2. The predicted molar refractivity (Wildman–Crippen MR) is 76.0 cm³/mol. The van der Waals surface area contributed by atoms with E-state index in [1.54, 1.807) is 12.1 Å². The number of aromatic nitrogens is 1. The molecule has 19 heavy (non-hydrogen) atoms. The zero-order valence-electron chi connectivity index (χ0n) is 12.5. The largest absolute Gasteiger partial charge is 0.514 e. The van der Waals surface area contributed by atoms with Crippen molar-refractivity contribution in [1.82, 2.24) is 4.98 Å². The number of pyridine rings is 1. The molecule has 1 aliphatic rings. The van der Waals surface area contributed by atoms with Crippen LogP contribution in [0.2, 0.25) is 0 Å². The first-order valence-corrected chi connectivity index (χ1v) is 6.58. The Labute approximate surface area is 115 Å². The summed E-state index contributed by atoms with van der Waals surface area (Å²) in [6, 6.07) is 7.26. The van der Waals surface area contributed by atoms with Crippen LogP contribution < -0.4 is 5.59 Å². The van der Waals surface area contributed by atoms with Gasteiger partial charge in [-0.25, -0.2) is 4.98 Å². The van der Waals surface area contributed by atoms with Gasteiger partial charge >= 0.3 is 7.12 Å². The van der Waals surface area contributed by atoms with Crippen LogP contribution in [0.3, 0.4) is 0 Å². The quantitative estimate of drug-likeness (QED) is 0.727. The minimum atomic E-state index is -0.506. The van der Waals surface area contributed by atoms with Gasteiger partial charge in [0.05, 0.1) is 16.8 Å². The Bertz CT molecular complexity index is 465. The Balaban J connectivity index is 0.000000861. The van der Waals surface area contributed by atoms with Crippen molar-refractivity contribution in [2.24, 2.45) is 0 Å². The average Bonchev–Trinajstić information content (AvgIpc) is 2.61. The average molecular weight is 260 g/mol. The van der Waals surface area contributed by atoms with Gasteiger partial charge in [-0.2, -0.15) is 5.26 Å². The lowest BCUT2D eigenvalue weighted by molar-refractivity contribution is 0.00578. The molecule has 0 spiro atoms. The van der Waals surface area contributed by atoms with Crippen LogP contribution in [-0.2, 0) is 9.31 Å². The lowest BCUT2D eigenvalue weighted by atomic mass is 9.84. The van der Waals surface area contributed by atoms with Crippen LogP contribution in [0.5, 0.6) is 0 Å². The summed E-state index contributed by atoms with van der Waals surface area (Å²) in [4.78, 5) is 4.19. The summed E-state index contributed by atoms with van der Waals surface area (Å²) in [5.41, 5.74) is 0.240. The van der Waals surface area contributed by atoms with E-state index in [-0.39, 0.29) is 11.2 Å². The molecule has 2 rings (SSSR count). The molecule has 0 unspecified atom stereocenters. The maximum Gasteiger partial charge on any atom is 0.514 e. The molecule has 1 aromatic rings. The molecule has 1 aromatic heterocycles. The Morgan fingerprint density at radius 1 is 1.11 bits per heavy atom. The molecule has 0 bridgehead atoms. The van der Waals surface area contributed by atoms with E-state index in [9.17, 15) is 0 Å². The fourth-order valence-corrected chi connectivity index (χ4v) is 1.61. The van der Waals surface area contributed by atoms with Gasteiger partial charge in [-0.05, 0) is 39.8 Å². The van der Waals surface area contributed by atoms with E-state index in [1.807, 2.05) is 53.7 Å². The van der Waals surface area contributed by atoms with E-state index in [0.29, 0.717) is 11.3 Å². The van der Waals surface area contributed by atoms with Crippen molar-refractivity contribution in [2.45, 2.75) is 52.7 Å². The monoisotopic (exact) mass is 260 g/mol. The highest BCUT2D eigenvalue weighted by Crippen LogP contribution is 2.36. The summed E-state index contributed by atoms with van der Waals surface area (Å²) < 4.78 is 11.7. The molecule has 0 saturated carbocycles. The van der Waals surface area contributed by atoms with Gasteiger partial charge in [-0.1, -0.05) is 19.9 Å². The molecule has 2 heterocycles. The third kappa shape index (κ3) is 3.15. The van der Waals surface area contributed by atoms with Crippen molar-refractivity contribution in [3.05, 3.63) is 23.9 Å². The van der Waals surface area contributed by atoms with Crippen molar-refractivity contribution < 1.29 is 9.31 Å². The second kappa shape index (κ2) is 5.73. The fourth-order valence-electron chi connectivity index (χ4n) is 1.61. The second-order valence-corrected chi connectivity index (χ2v) is 5.15. The van der Waals surface area contributed by atoms with Gasteiger partial charge in [-0.15, -0.1) is 0 Å². The summed E-state index contributed by atoms with van der Waals surface area (Å²) in [6.07, 6.45) is 0. The van der Waals surface area contributed by atoms with Gasteiger partial charge in [0.25, 0.3) is 0 Å². The number of nitriles is 1. The second-order valence-electron chi connectivity index (χ2n) is 5.15. The van der Waals surface area contributed by atoms with Crippen molar-refractivity contribution in [2.75, 3.05) is 0 Å². The minimum Gasteiger partial charge on any atom is -0.398 e. The lowest BCUT2D eigenvalue weighted by Crippen LogP contribution is -2.41. The van der Waals surface area contributed by atoms with Crippen molar-refractivity contribution in [3.63, 3.8) is 0 Å². The molecule has 0 aromatic carbocycles. The van der Waals surface area contributed by atoms with Gasteiger partial charge in [0.1, 0.15) is 11.8 Å². The van der Waals surface area contributed by atoms with Crippen LogP contribution in [-0.4, -0.2) is 23.3 Å². The number of nitrogens with zero attached hydrogens (tertiary/aromatic N) is 2. The van der Waals surface area contributed by atoms with E-state index >= 15 is 0 Å². The van der Waals surface area contributed by atoms with Gasteiger partial charge in [0.2, 0.25) is 0 Å². The molecule has 4 nitrogen and oxygen atoms in total. The van der Waals surface area contributed by atoms with Crippen molar-refractivity contribution in [3.8, 4) is 6.07 Å². The summed E-state index contributed by atoms with van der Waals surface area (Å²) in [6.45, 7) is 11.9. The molecule has 102 valence electrons. The summed E-state index contributed by atoms with van der Waals surface area (Å²) in [7, 11) is -0.506. The molecule has 0 amide bonds. The topological polar surface area (TPSA) is 55.1 Å². The first-order valence-electron chi connectivity index (χ1n) is 6.58. The SMILES string of the molecule is CC.CC1(C)OB(c2cccc(C#N)n2)OC1(C)C. The van der Waals surface area contributed by atoms with E-state index in [4.69, 9.17) is 14.6 Å². The normalized spacial score (nSPS) is 19.3. The predicted octanol–water partition coefficient (Wildman–Crippen LogP) is 2.28. The van der Waals surface area contributed by atoms with Crippen molar-refractivity contribution in [1.29, 1.82) is 5.26 Å². The highest BCUT2D eigenvalue weighted by molar-refractivity contribution is 6.61. The van der Waals surface area contributed by atoms with Crippen LogP contribution in [0.25, 0.3) is 0 Å². The van der Waals surface area contributed by atoms with Crippen LogP contribution >= 0.6 is 0 Å². The van der Waals surface area contributed by atoms with E-state index < -0.39 is 7.12 Å². The van der Waals surface area contributed by atoms with E-state index in [0.717, 1.165) is 0 Å². The Morgan fingerprint density at radius 3 is 2.11 bits per heavy atom. The van der Waals surface area contributed by atoms with E-state index in [2.05, 4.69) is 4.98 Å². The Kier molecular flexibility index (Phi) is 4.73. The zero-order valence-corrected chi connectivity index (χ0v) is 12.5. The highest BCUT2D eigenvalue weighted by atomic mass is 16.7. The van der Waals surface area contributed by atoms with Gasteiger partial charge < -0.3 is 9.31 Å². The summed E-state index contributed by atoms with van der Waals surface area (Å²) in [5, 5.41) is 8.82. The first-order chi connectivity index (χ1) is 8.86. The maximum absolute atomic E-state index is 8.82. The first kappa shape index (κ1) is 15.7. The number of rotatable bonds is 1. The summed E-state index contributed by atoms with van der Waals surface area (Å²) in [5.74, 6) is 0. The van der Waals surface area contributed by atoms with Gasteiger partial charge in [-0.3, -0.25) is 0 Å². The fraction of sp³-hybridized carbons (Fsp3) is 0.571. The molecule has 0 aliphatic carbocycles. The van der Waals surface area contributed by atoms with Gasteiger partial charge in [0.15, 0.2) is 0 Å². The molecule has 0 N–H and O–H groups in total. The third-order valence-electron chi connectivity index (χ3n) is 3.38. The molecular weight excluding hydrogens is 239 g/mol. The van der Waals surface area contributed by atoms with Crippen LogP contribution in [0.1, 0.15) is 47.2 Å². The molecule has 1 aliphatic heterocycles. The van der Waals surface area contributed by atoms with Crippen LogP contribution in [0.4, 0.5) is 0 Å². The summed E-state index contributed by atoms with van der Waals surface area (Å²) >= 11 is 0. The molecule has 0 atom stereocenters.